The Labute approximate surface area is 100 Å². The van der Waals surface area contributed by atoms with Crippen LogP contribution < -0.4 is 5.73 Å². The molecule has 0 heterocycles. The minimum absolute atomic E-state index is 0.106. The van der Waals surface area contributed by atoms with Crippen LogP contribution in [0.1, 0.15) is 20.3 Å². The first-order valence-corrected chi connectivity index (χ1v) is 5.27. The summed E-state index contributed by atoms with van der Waals surface area (Å²) in [7, 11) is 1.45. The maximum Gasteiger partial charge on any atom is 0.320 e. The van der Waals surface area contributed by atoms with E-state index >= 15 is 0 Å². The van der Waals surface area contributed by atoms with E-state index in [9.17, 15) is 14.4 Å². The van der Waals surface area contributed by atoms with Crippen molar-refractivity contribution in [1.82, 2.24) is 9.80 Å². The molecule has 0 bridgehead atoms. The highest BCUT2D eigenvalue weighted by Crippen LogP contribution is 2.04. The highest BCUT2D eigenvalue weighted by atomic mass is 16.4. The second-order valence-corrected chi connectivity index (χ2v) is 4.04. The number of nitrogens with two attached hydrogens (primary N) is 1. The minimum Gasteiger partial charge on any atom is -0.481 e. The normalized spacial score (nSPS) is 10.1. The Morgan fingerprint density at radius 2 is 1.82 bits per heavy atom. The van der Waals surface area contributed by atoms with Gasteiger partial charge < -0.3 is 20.6 Å². The highest BCUT2D eigenvalue weighted by molar-refractivity contribution is 5.83. The van der Waals surface area contributed by atoms with E-state index in [0.29, 0.717) is 0 Å². The van der Waals surface area contributed by atoms with E-state index in [2.05, 4.69) is 0 Å². The summed E-state index contributed by atoms with van der Waals surface area (Å²) in [6, 6.07) is -0.544. The van der Waals surface area contributed by atoms with Crippen LogP contribution in [-0.2, 0) is 9.59 Å². The molecule has 98 valence electrons. The van der Waals surface area contributed by atoms with E-state index in [-0.39, 0.29) is 25.6 Å². The van der Waals surface area contributed by atoms with Crippen molar-refractivity contribution in [2.24, 2.45) is 5.73 Å². The van der Waals surface area contributed by atoms with Crippen molar-refractivity contribution >= 4 is 17.9 Å². The number of carbonyl (C=O) groups is 3. The number of hydrogen-bond donors (Lipinski definition) is 2. The van der Waals surface area contributed by atoms with Gasteiger partial charge in [0.05, 0.1) is 6.42 Å². The van der Waals surface area contributed by atoms with Gasteiger partial charge in [-0.15, -0.1) is 0 Å². The Hall–Kier alpha value is -1.79. The molecule has 0 aromatic heterocycles. The van der Waals surface area contributed by atoms with Crippen LogP contribution in [0.2, 0.25) is 0 Å². The predicted octanol–water partition coefficient (Wildman–Crippen LogP) is -0.291. The van der Waals surface area contributed by atoms with Crippen molar-refractivity contribution in [3.05, 3.63) is 0 Å². The van der Waals surface area contributed by atoms with Gasteiger partial charge in [-0.05, 0) is 13.8 Å². The number of rotatable bonds is 6. The summed E-state index contributed by atoms with van der Waals surface area (Å²) < 4.78 is 0. The van der Waals surface area contributed by atoms with E-state index in [1.807, 2.05) is 0 Å². The van der Waals surface area contributed by atoms with Gasteiger partial charge in [-0.3, -0.25) is 9.59 Å². The quantitative estimate of drug-likeness (QED) is 0.670. The summed E-state index contributed by atoms with van der Waals surface area (Å²) in [6.45, 7) is 3.47. The third-order valence-electron chi connectivity index (χ3n) is 2.16. The molecule has 3 amide bonds. The lowest BCUT2D eigenvalue weighted by molar-refractivity contribution is -0.137. The van der Waals surface area contributed by atoms with Crippen LogP contribution in [0.15, 0.2) is 0 Å². The fourth-order valence-electron chi connectivity index (χ4n) is 1.31. The first-order valence-electron chi connectivity index (χ1n) is 5.27. The summed E-state index contributed by atoms with van der Waals surface area (Å²) in [5.74, 6) is -1.58. The maximum absolute atomic E-state index is 11.9. The number of urea groups is 1. The predicted molar refractivity (Wildman–Crippen MR) is 61.3 cm³/mol. The number of amides is 3. The molecule has 0 unspecified atom stereocenters. The number of carbonyl (C=O) groups excluding carboxylic acids is 2. The summed E-state index contributed by atoms with van der Waals surface area (Å²) >= 11 is 0. The van der Waals surface area contributed by atoms with Crippen LogP contribution >= 0.6 is 0 Å². The van der Waals surface area contributed by atoms with Crippen molar-refractivity contribution in [2.75, 3.05) is 20.1 Å². The number of carboxylic acid groups (broad SMARTS) is 1. The fourth-order valence-corrected chi connectivity index (χ4v) is 1.31. The van der Waals surface area contributed by atoms with Gasteiger partial charge in [-0.25, -0.2) is 4.79 Å². The van der Waals surface area contributed by atoms with Crippen LogP contribution in [0.4, 0.5) is 4.79 Å². The molecule has 0 fully saturated rings. The molecule has 7 nitrogen and oxygen atoms in total. The molecule has 0 aromatic rings. The van der Waals surface area contributed by atoms with Crippen LogP contribution in [-0.4, -0.2) is 59.0 Å². The highest BCUT2D eigenvalue weighted by Gasteiger charge is 2.22. The lowest BCUT2D eigenvalue weighted by atomic mass is 10.3. The van der Waals surface area contributed by atoms with E-state index in [1.54, 1.807) is 13.8 Å². The van der Waals surface area contributed by atoms with Crippen molar-refractivity contribution in [1.29, 1.82) is 0 Å². The Morgan fingerprint density at radius 3 is 2.18 bits per heavy atom. The number of nitrogens with zero attached hydrogens (tertiary/aromatic N) is 2. The van der Waals surface area contributed by atoms with E-state index in [1.165, 1.54) is 16.8 Å². The molecule has 0 atom stereocenters. The third-order valence-corrected chi connectivity index (χ3v) is 2.16. The molecule has 0 spiro atoms. The molecular formula is C10H19N3O4. The van der Waals surface area contributed by atoms with Gasteiger partial charge in [0.2, 0.25) is 5.91 Å². The van der Waals surface area contributed by atoms with Crippen LogP contribution in [0.25, 0.3) is 0 Å². The zero-order valence-corrected chi connectivity index (χ0v) is 10.3. The van der Waals surface area contributed by atoms with E-state index < -0.39 is 17.9 Å². The molecule has 0 radical (unpaired) electrons. The average Bonchev–Trinajstić information content (AvgIpc) is 2.15. The van der Waals surface area contributed by atoms with Crippen molar-refractivity contribution in [2.45, 2.75) is 26.3 Å². The fraction of sp³-hybridized carbons (Fsp3) is 0.700. The molecule has 0 aliphatic carbocycles. The summed E-state index contributed by atoms with van der Waals surface area (Å²) in [6.07, 6.45) is -0.131. The van der Waals surface area contributed by atoms with Gasteiger partial charge in [0.15, 0.2) is 0 Å². The molecule has 0 saturated heterocycles. The molecule has 0 aliphatic heterocycles. The topological polar surface area (TPSA) is 104 Å². The summed E-state index contributed by atoms with van der Waals surface area (Å²) in [5, 5.41) is 8.58. The lowest BCUT2D eigenvalue weighted by Gasteiger charge is -2.30. The first-order chi connectivity index (χ1) is 7.75. The SMILES string of the molecule is CC(C)N(CCC(=O)O)C(=O)N(C)CC(N)=O. The number of hydrogen-bond acceptors (Lipinski definition) is 3. The van der Waals surface area contributed by atoms with Gasteiger partial charge in [0, 0.05) is 19.6 Å². The number of primary amides is 1. The Balaban J connectivity index is 4.53. The number of carboxylic acids is 1. The van der Waals surface area contributed by atoms with Crippen LogP contribution in [0, 0.1) is 0 Å². The zero-order valence-electron chi connectivity index (χ0n) is 10.3. The number of aliphatic carboxylic acids is 1. The molecule has 17 heavy (non-hydrogen) atoms. The van der Waals surface area contributed by atoms with Gasteiger partial charge >= 0.3 is 12.0 Å². The third kappa shape index (κ3) is 5.74. The lowest BCUT2D eigenvalue weighted by Crippen LogP contribution is -2.48. The Morgan fingerprint density at radius 1 is 1.29 bits per heavy atom. The second kappa shape index (κ2) is 6.72. The van der Waals surface area contributed by atoms with E-state index in [4.69, 9.17) is 10.8 Å². The van der Waals surface area contributed by atoms with Crippen LogP contribution in [0.3, 0.4) is 0 Å². The molecule has 0 rings (SSSR count). The van der Waals surface area contributed by atoms with Crippen LogP contribution in [0.5, 0.6) is 0 Å². The minimum atomic E-state index is -0.971. The van der Waals surface area contributed by atoms with Crippen molar-refractivity contribution < 1.29 is 19.5 Å². The number of likely N-dealkylation sites (N-methyl/N-ethyl adjacent to an activating group) is 1. The first kappa shape index (κ1) is 15.2. The molecule has 3 N–H and O–H groups in total. The average molecular weight is 245 g/mol. The Bertz CT molecular complexity index is 304. The molecule has 7 heteroatoms. The molecule has 0 aromatic carbocycles. The smallest absolute Gasteiger partial charge is 0.320 e. The van der Waals surface area contributed by atoms with E-state index in [0.717, 1.165) is 0 Å². The molecular weight excluding hydrogens is 226 g/mol. The van der Waals surface area contributed by atoms with Crippen molar-refractivity contribution in [3.8, 4) is 0 Å². The second-order valence-electron chi connectivity index (χ2n) is 4.04. The monoisotopic (exact) mass is 245 g/mol. The van der Waals surface area contributed by atoms with Gasteiger partial charge in [-0.1, -0.05) is 0 Å². The summed E-state index contributed by atoms with van der Waals surface area (Å²) in [5.41, 5.74) is 4.98. The largest absolute Gasteiger partial charge is 0.481 e. The molecule has 0 saturated carbocycles. The molecule has 0 aliphatic rings. The Kier molecular flexibility index (Phi) is 6.01. The maximum atomic E-state index is 11.9. The van der Waals surface area contributed by atoms with Gasteiger partial charge in [0.1, 0.15) is 6.54 Å². The van der Waals surface area contributed by atoms with Gasteiger partial charge in [-0.2, -0.15) is 0 Å². The van der Waals surface area contributed by atoms with Crippen molar-refractivity contribution in [3.63, 3.8) is 0 Å². The van der Waals surface area contributed by atoms with Gasteiger partial charge in [0.25, 0.3) is 0 Å². The standard InChI is InChI=1S/C10H19N3O4/c1-7(2)13(5-4-9(15)16)10(17)12(3)6-8(11)14/h7H,4-6H2,1-3H3,(H2,11,14)(H,15,16). The zero-order chi connectivity index (χ0) is 13.6. The summed E-state index contributed by atoms with van der Waals surface area (Å²) in [4.78, 5) is 35.6.